The Bertz CT molecular complexity index is 785. The maximum Gasteiger partial charge on any atom is 0.317 e. The van der Waals surface area contributed by atoms with Crippen molar-refractivity contribution in [2.75, 3.05) is 32.9 Å². The minimum absolute atomic E-state index is 0.0853. The molecule has 2 aromatic carbocycles. The lowest BCUT2D eigenvalue weighted by Crippen LogP contribution is -2.42. The molecule has 6 nitrogen and oxygen atoms in total. The van der Waals surface area contributed by atoms with Gasteiger partial charge in [0.2, 0.25) is 0 Å². The van der Waals surface area contributed by atoms with Crippen molar-refractivity contribution in [3.8, 4) is 11.5 Å². The molecule has 2 aromatic rings. The molecule has 0 radical (unpaired) electrons. The molecule has 150 valence electrons. The van der Waals surface area contributed by atoms with Crippen molar-refractivity contribution in [3.05, 3.63) is 58.6 Å². The van der Waals surface area contributed by atoms with Gasteiger partial charge in [-0.15, -0.1) is 0 Å². The van der Waals surface area contributed by atoms with Gasteiger partial charge >= 0.3 is 6.03 Å². The zero-order chi connectivity index (χ0) is 19.8. The number of benzene rings is 2. The van der Waals surface area contributed by atoms with Crippen molar-refractivity contribution in [1.82, 2.24) is 10.2 Å². The molecule has 0 aromatic heterocycles. The fraction of sp³-hybridized carbons (Fsp3) is 0.381. The number of hydrogen-bond acceptors (Lipinski definition) is 4. The molecule has 1 aliphatic rings. The van der Waals surface area contributed by atoms with Gasteiger partial charge in [-0.1, -0.05) is 41.9 Å². The molecular formula is C21H25ClN2O4. The number of aliphatic hydroxyl groups is 1. The highest BCUT2D eigenvalue weighted by atomic mass is 35.5. The van der Waals surface area contributed by atoms with E-state index in [-0.39, 0.29) is 19.2 Å². The maximum atomic E-state index is 12.6. The van der Waals surface area contributed by atoms with Gasteiger partial charge in [-0.05, 0) is 29.7 Å². The smallest absolute Gasteiger partial charge is 0.317 e. The second-order valence-electron chi connectivity index (χ2n) is 6.56. The highest BCUT2D eigenvalue weighted by molar-refractivity contribution is 6.32. The fourth-order valence-corrected chi connectivity index (χ4v) is 3.31. The van der Waals surface area contributed by atoms with Crippen LogP contribution in [0, 0.1) is 0 Å². The Morgan fingerprint density at radius 2 is 1.89 bits per heavy atom. The van der Waals surface area contributed by atoms with Crippen LogP contribution in [0.3, 0.4) is 0 Å². The van der Waals surface area contributed by atoms with Crippen molar-refractivity contribution in [2.24, 2.45) is 0 Å². The van der Waals surface area contributed by atoms with Gasteiger partial charge in [-0.25, -0.2) is 4.79 Å². The van der Waals surface area contributed by atoms with Gasteiger partial charge in [0, 0.05) is 26.1 Å². The van der Waals surface area contributed by atoms with Gasteiger partial charge in [-0.3, -0.25) is 0 Å². The van der Waals surface area contributed by atoms with Gasteiger partial charge in [0.15, 0.2) is 11.5 Å². The Morgan fingerprint density at radius 3 is 2.68 bits per heavy atom. The maximum absolute atomic E-state index is 12.6. The average Bonchev–Trinajstić information content (AvgIpc) is 2.96. The van der Waals surface area contributed by atoms with Crippen molar-refractivity contribution in [1.29, 1.82) is 0 Å². The number of fused-ring (bicyclic) bond motifs is 1. The lowest BCUT2D eigenvalue weighted by Gasteiger charge is -2.22. The van der Waals surface area contributed by atoms with E-state index in [1.807, 2.05) is 36.4 Å². The van der Waals surface area contributed by atoms with E-state index in [0.717, 1.165) is 24.0 Å². The third-order valence-electron chi connectivity index (χ3n) is 4.48. The Hall–Kier alpha value is -2.44. The summed E-state index contributed by atoms with van der Waals surface area (Å²) in [6.07, 6.45) is 1.53. The highest BCUT2D eigenvalue weighted by Gasteiger charge is 2.17. The van der Waals surface area contributed by atoms with Crippen molar-refractivity contribution >= 4 is 17.6 Å². The quantitative estimate of drug-likeness (QED) is 0.743. The first kappa shape index (κ1) is 20.3. The minimum atomic E-state index is -0.229. The number of nitrogens with one attached hydrogen (secondary N) is 1. The summed E-state index contributed by atoms with van der Waals surface area (Å²) in [5, 5.41) is 12.7. The number of nitrogens with zero attached hydrogens (tertiary/aromatic N) is 1. The normalized spacial score (nSPS) is 12.9. The predicted molar refractivity (Wildman–Crippen MR) is 108 cm³/mol. The summed E-state index contributed by atoms with van der Waals surface area (Å²) in [5.41, 5.74) is 1.97. The topological polar surface area (TPSA) is 71.0 Å². The molecule has 2 amide bonds. The zero-order valence-corrected chi connectivity index (χ0v) is 16.5. The van der Waals surface area contributed by atoms with Gasteiger partial charge in [-0.2, -0.15) is 0 Å². The van der Waals surface area contributed by atoms with Gasteiger partial charge in [0.1, 0.15) is 0 Å². The van der Waals surface area contributed by atoms with E-state index in [4.69, 9.17) is 21.1 Å². The van der Waals surface area contributed by atoms with Crippen LogP contribution in [0.2, 0.25) is 5.02 Å². The molecule has 0 spiro atoms. The summed E-state index contributed by atoms with van der Waals surface area (Å²) in [6.45, 7) is 2.17. The van der Waals surface area contributed by atoms with E-state index in [1.165, 1.54) is 0 Å². The third-order valence-corrected chi connectivity index (χ3v) is 4.76. The van der Waals surface area contributed by atoms with Crippen molar-refractivity contribution < 1.29 is 19.4 Å². The van der Waals surface area contributed by atoms with E-state index in [0.29, 0.717) is 42.8 Å². The number of halogens is 1. The average molecular weight is 405 g/mol. The van der Waals surface area contributed by atoms with Crippen LogP contribution in [0.25, 0.3) is 0 Å². The molecule has 28 heavy (non-hydrogen) atoms. The van der Waals surface area contributed by atoms with Crippen LogP contribution in [-0.4, -0.2) is 48.9 Å². The molecule has 1 heterocycles. The Balaban J connectivity index is 1.59. The molecule has 3 rings (SSSR count). The summed E-state index contributed by atoms with van der Waals surface area (Å²) in [7, 11) is 0. The lowest BCUT2D eigenvalue weighted by molar-refractivity contribution is 0.177. The molecule has 0 bridgehead atoms. The van der Waals surface area contributed by atoms with Gasteiger partial charge in [0.05, 0.1) is 24.8 Å². The first-order valence-corrected chi connectivity index (χ1v) is 9.81. The summed E-state index contributed by atoms with van der Waals surface area (Å²) >= 11 is 6.30. The number of hydrogen-bond donors (Lipinski definition) is 2. The molecule has 2 N–H and O–H groups in total. The molecule has 7 heteroatoms. The Morgan fingerprint density at radius 1 is 1.11 bits per heavy atom. The fourth-order valence-electron chi connectivity index (χ4n) is 3.02. The predicted octanol–water partition coefficient (Wildman–Crippen LogP) is 3.25. The first-order chi connectivity index (χ1) is 13.7. The molecule has 0 saturated heterocycles. The molecule has 0 fully saturated rings. The summed E-state index contributed by atoms with van der Waals surface area (Å²) in [5.74, 6) is 1.16. The molecule has 0 aliphatic carbocycles. The number of urea groups is 1. The molecular weight excluding hydrogens is 380 g/mol. The van der Waals surface area contributed by atoms with E-state index in [2.05, 4.69) is 5.32 Å². The lowest BCUT2D eigenvalue weighted by atomic mass is 10.1. The second kappa shape index (κ2) is 10.2. The minimum Gasteiger partial charge on any atom is -0.489 e. The van der Waals surface area contributed by atoms with Crippen LogP contribution >= 0.6 is 11.6 Å². The zero-order valence-electron chi connectivity index (χ0n) is 15.7. The van der Waals surface area contributed by atoms with Crippen molar-refractivity contribution in [3.63, 3.8) is 0 Å². The second-order valence-corrected chi connectivity index (χ2v) is 6.97. The number of amides is 2. The first-order valence-electron chi connectivity index (χ1n) is 9.43. The van der Waals surface area contributed by atoms with Crippen molar-refractivity contribution in [2.45, 2.75) is 19.4 Å². The van der Waals surface area contributed by atoms with Gasteiger partial charge < -0.3 is 24.8 Å². The molecule has 0 atom stereocenters. The van der Waals surface area contributed by atoms with Crippen LogP contribution in [-0.2, 0) is 13.0 Å². The SMILES string of the molecule is O=C(NCc1cc(Cl)c2c(c1)OCCCO2)N(CCO)CCc1ccccc1. The van der Waals surface area contributed by atoms with E-state index in [1.54, 1.807) is 11.0 Å². The van der Waals surface area contributed by atoms with Crippen LogP contribution in [0.1, 0.15) is 17.5 Å². The summed E-state index contributed by atoms with van der Waals surface area (Å²) in [6, 6.07) is 13.3. The molecule has 0 saturated carbocycles. The van der Waals surface area contributed by atoms with Crippen LogP contribution in [0.15, 0.2) is 42.5 Å². The summed E-state index contributed by atoms with van der Waals surface area (Å²) in [4.78, 5) is 14.2. The molecule has 0 unspecified atom stereocenters. The number of ether oxygens (including phenoxy) is 2. The number of carbonyl (C=O) groups excluding carboxylic acids is 1. The van der Waals surface area contributed by atoms with E-state index in [9.17, 15) is 9.90 Å². The van der Waals surface area contributed by atoms with Gasteiger partial charge in [0.25, 0.3) is 0 Å². The highest BCUT2D eigenvalue weighted by Crippen LogP contribution is 2.37. The largest absolute Gasteiger partial charge is 0.489 e. The Labute approximate surface area is 170 Å². The number of rotatable bonds is 7. The standard InChI is InChI=1S/C21H25ClN2O4/c22-18-13-17(14-19-20(18)28-12-4-11-27-19)15-23-21(26)24(9-10-25)8-7-16-5-2-1-3-6-16/h1-3,5-6,13-14,25H,4,7-12,15H2,(H,23,26). The monoisotopic (exact) mass is 404 g/mol. The number of aliphatic hydroxyl groups excluding tert-OH is 1. The summed E-state index contributed by atoms with van der Waals surface area (Å²) < 4.78 is 11.3. The van der Waals surface area contributed by atoms with Crippen LogP contribution in [0.5, 0.6) is 11.5 Å². The van der Waals surface area contributed by atoms with Crippen LogP contribution < -0.4 is 14.8 Å². The number of carbonyl (C=O) groups is 1. The van der Waals surface area contributed by atoms with E-state index < -0.39 is 0 Å². The third kappa shape index (κ3) is 5.53. The van der Waals surface area contributed by atoms with Crippen LogP contribution in [0.4, 0.5) is 4.79 Å². The Kier molecular flexibility index (Phi) is 7.39. The van der Waals surface area contributed by atoms with E-state index >= 15 is 0 Å². The molecule has 1 aliphatic heterocycles.